The van der Waals surface area contributed by atoms with Gasteiger partial charge in [-0.25, -0.2) is 4.57 Å². The Labute approximate surface area is 79.3 Å². The van der Waals surface area contributed by atoms with Crippen molar-refractivity contribution in [1.29, 1.82) is 0 Å². The SMILES string of the molecule is O=c1cc(-[n+]2ccccc2)nc([O-])[nH]1. The molecular formula is C9H7N3O2. The highest BCUT2D eigenvalue weighted by Crippen LogP contribution is 1.92. The van der Waals surface area contributed by atoms with Crippen LogP contribution in [0.1, 0.15) is 0 Å². The van der Waals surface area contributed by atoms with Crippen molar-refractivity contribution in [3.05, 3.63) is 47.0 Å². The van der Waals surface area contributed by atoms with E-state index in [1.54, 1.807) is 29.1 Å². The van der Waals surface area contributed by atoms with Crippen LogP contribution >= 0.6 is 0 Å². The van der Waals surface area contributed by atoms with Gasteiger partial charge < -0.3 is 5.11 Å². The Kier molecular flexibility index (Phi) is 1.98. The van der Waals surface area contributed by atoms with Crippen LogP contribution in [0.15, 0.2) is 41.5 Å². The predicted octanol–water partition coefficient (Wildman–Crippen LogP) is -0.880. The molecule has 0 fully saturated rings. The number of aromatic nitrogens is 3. The summed E-state index contributed by atoms with van der Waals surface area (Å²) in [7, 11) is 0. The lowest BCUT2D eigenvalue weighted by atomic mass is 10.4. The monoisotopic (exact) mass is 189 g/mol. The molecule has 70 valence electrons. The van der Waals surface area contributed by atoms with Gasteiger partial charge in [0.2, 0.25) is 0 Å². The van der Waals surface area contributed by atoms with Gasteiger partial charge in [-0.05, 0) is 17.1 Å². The van der Waals surface area contributed by atoms with Gasteiger partial charge in [-0.1, -0.05) is 6.07 Å². The van der Waals surface area contributed by atoms with Crippen LogP contribution in [0.3, 0.4) is 0 Å². The molecule has 0 aliphatic rings. The molecule has 1 N–H and O–H groups in total. The summed E-state index contributed by atoms with van der Waals surface area (Å²) in [4.78, 5) is 16.7. The van der Waals surface area contributed by atoms with Gasteiger partial charge in [0.15, 0.2) is 6.01 Å². The number of hydrogen-bond donors (Lipinski definition) is 1. The second-order valence-corrected chi connectivity index (χ2v) is 2.69. The normalized spacial score (nSPS) is 10.0. The molecule has 0 aliphatic carbocycles. The zero-order valence-electron chi connectivity index (χ0n) is 7.18. The van der Waals surface area contributed by atoms with Crippen LogP contribution in [-0.2, 0) is 0 Å². The lowest BCUT2D eigenvalue weighted by Crippen LogP contribution is -2.32. The molecule has 0 saturated heterocycles. The molecule has 5 nitrogen and oxygen atoms in total. The van der Waals surface area contributed by atoms with Gasteiger partial charge in [-0.3, -0.25) is 9.78 Å². The Hall–Kier alpha value is -2.17. The van der Waals surface area contributed by atoms with E-state index < -0.39 is 11.6 Å². The molecule has 0 bridgehead atoms. The highest BCUT2D eigenvalue weighted by molar-refractivity contribution is 5.10. The summed E-state index contributed by atoms with van der Waals surface area (Å²) in [5, 5.41) is 10.9. The van der Waals surface area contributed by atoms with E-state index in [0.29, 0.717) is 5.82 Å². The number of aromatic amines is 1. The van der Waals surface area contributed by atoms with Crippen LogP contribution in [-0.4, -0.2) is 9.97 Å². The lowest BCUT2D eigenvalue weighted by Gasteiger charge is -1.98. The summed E-state index contributed by atoms with van der Waals surface area (Å²) in [6.45, 7) is 0. The molecule has 2 heterocycles. The van der Waals surface area contributed by atoms with Gasteiger partial charge in [0.1, 0.15) is 0 Å². The van der Waals surface area contributed by atoms with Crippen molar-refractivity contribution in [2.45, 2.75) is 0 Å². The van der Waals surface area contributed by atoms with Gasteiger partial charge in [0.25, 0.3) is 5.56 Å². The number of nitrogens with one attached hydrogen (secondary N) is 1. The van der Waals surface area contributed by atoms with Crippen LogP contribution in [0.2, 0.25) is 0 Å². The minimum Gasteiger partial charge on any atom is -0.826 e. The Balaban J connectivity index is 2.58. The maximum absolute atomic E-state index is 11.0. The van der Waals surface area contributed by atoms with E-state index in [0.717, 1.165) is 0 Å². The Morgan fingerprint density at radius 2 is 2.00 bits per heavy atom. The molecule has 0 spiro atoms. The molecule has 0 aliphatic heterocycles. The Bertz CT molecular complexity index is 493. The topological polar surface area (TPSA) is 72.7 Å². The number of rotatable bonds is 1. The third-order valence-electron chi connectivity index (χ3n) is 1.69. The first-order chi connectivity index (χ1) is 6.75. The van der Waals surface area contributed by atoms with Crippen molar-refractivity contribution >= 4 is 0 Å². The standard InChI is InChI=1S/C9H7N3O2/c13-8-6-7(10-9(14)11-8)12-4-2-1-3-5-12/h1-6H,(H-,10,11,13,14). The largest absolute Gasteiger partial charge is 0.826 e. The summed E-state index contributed by atoms with van der Waals surface area (Å²) in [6, 6.07) is 6.04. The van der Waals surface area contributed by atoms with E-state index in [2.05, 4.69) is 4.98 Å². The number of nitrogens with zero attached hydrogens (tertiary/aromatic N) is 2. The van der Waals surface area contributed by atoms with Crippen molar-refractivity contribution in [2.24, 2.45) is 0 Å². The van der Waals surface area contributed by atoms with E-state index >= 15 is 0 Å². The first-order valence-electron chi connectivity index (χ1n) is 4.01. The summed E-state index contributed by atoms with van der Waals surface area (Å²) in [6.07, 6.45) is 3.42. The lowest BCUT2D eigenvalue weighted by molar-refractivity contribution is -0.600. The molecule has 0 amide bonds. The van der Waals surface area contributed by atoms with Crippen LogP contribution in [0.25, 0.3) is 5.82 Å². The molecule has 14 heavy (non-hydrogen) atoms. The van der Waals surface area contributed by atoms with Crippen molar-refractivity contribution in [1.82, 2.24) is 9.97 Å². The van der Waals surface area contributed by atoms with Gasteiger partial charge in [-0.2, -0.15) is 0 Å². The van der Waals surface area contributed by atoms with Crippen LogP contribution in [0, 0.1) is 0 Å². The smallest absolute Gasteiger partial charge is 0.334 e. The van der Waals surface area contributed by atoms with Crippen molar-refractivity contribution in [2.75, 3.05) is 0 Å². The Morgan fingerprint density at radius 1 is 1.29 bits per heavy atom. The zero-order chi connectivity index (χ0) is 9.97. The summed E-state index contributed by atoms with van der Waals surface area (Å²) in [5.74, 6) is 0.319. The fourth-order valence-electron chi connectivity index (χ4n) is 1.11. The molecule has 0 saturated carbocycles. The number of H-pyrrole nitrogens is 1. The highest BCUT2D eigenvalue weighted by Gasteiger charge is 2.06. The van der Waals surface area contributed by atoms with Gasteiger partial charge in [-0.15, -0.1) is 0 Å². The molecular weight excluding hydrogens is 182 g/mol. The molecule has 2 aromatic heterocycles. The molecule has 2 aromatic rings. The summed E-state index contributed by atoms with van der Waals surface area (Å²) in [5.41, 5.74) is -0.448. The maximum atomic E-state index is 11.0. The van der Waals surface area contributed by atoms with Gasteiger partial charge >= 0.3 is 5.82 Å². The van der Waals surface area contributed by atoms with E-state index in [1.807, 2.05) is 11.1 Å². The highest BCUT2D eigenvalue weighted by atomic mass is 16.3. The van der Waals surface area contributed by atoms with Crippen LogP contribution < -0.4 is 15.2 Å². The first kappa shape index (κ1) is 8.43. The second-order valence-electron chi connectivity index (χ2n) is 2.69. The minimum atomic E-state index is -0.635. The van der Waals surface area contributed by atoms with Crippen molar-refractivity contribution in [3.63, 3.8) is 0 Å². The quantitative estimate of drug-likeness (QED) is 0.592. The van der Waals surface area contributed by atoms with E-state index in [4.69, 9.17) is 0 Å². The average molecular weight is 189 g/mol. The number of pyridine rings is 1. The predicted molar refractivity (Wildman–Crippen MR) is 45.8 cm³/mol. The van der Waals surface area contributed by atoms with E-state index in [1.165, 1.54) is 6.07 Å². The fraction of sp³-hybridized carbons (Fsp3) is 0. The zero-order valence-corrected chi connectivity index (χ0v) is 7.18. The van der Waals surface area contributed by atoms with Crippen molar-refractivity contribution in [3.8, 4) is 11.8 Å². The molecule has 0 aromatic carbocycles. The number of hydrogen-bond acceptors (Lipinski definition) is 3. The molecule has 0 unspecified atom stereocenters. The van der Waals surface area contributed by atoms with Gasteiger partial charge in [0.05, 0.1) is 18.5 Å². The van der Waals surface area contributed by atoms with Gasteiger partial charge in [0, 0.05) is 0 Å². The molecule has 0 atom stereocenters. The van der Waals surface area contributed by atoms with E-state index in [-0.39, 0.29) is 0 Å². The molecule has 0 radical (unpaired) electrons. The minimum absolute atomic E-state index is 0.319. The van der Waals surface area contributed by atoms with Crippen LogP contribution in [0.4, 0.5) is 0 Å². The fourth-order valence-corrected chi connectivity index (χ4v) is 1.11. The third-order valence-corrected chi connectivity index (χ3v) is 1.69. The summed E-state index contributed by atoms with van der Waals surface area (Å²) >= 11 is 0. The first-order valence-corrected chi connectivity index (χ1v) is 4.01. The average Bonchev–Trinajstić information content (AvgIpc) is 2.18. The molecule has 5 heteroatoms. The second kappa shape index (κ2) is 3.29. The van der Waals surface area contributed by atoms with Crippen molar-refractivity contribution < 1.29 is 9.67 Å². The summed E-state index contributed by atoms with van der Waals surface area (Å²) < 4.78 is 1.59. The van der Waals surface area contributed by atoms with Crippen LogP contribution in [0.5, 0.6) is 6.01 Å². The third kappa shape index (κ3) is 1.61. The maximum Gasteiger partial charge on any atom is 0.334 e. The molecule has 2 rings (SSSR count). The van der Waals surface area contributed by atoms with E-state index in [9.17, 15) is 9.90 Å². The Morgan fingerprint density at radius 3 is 2.64 bits per heavy atom.